The van der Waals surface area contributed by atoms with E-state index in [4.69, 9.17) is 8.37 Å². The summed E-state index contributed by atoms with van der Waals surface area (Å²) in [6.45, 7) is 1.50. The van der Waals surface area contributed by atoms with Gasteiger partial charge in [-0.15, -0.1) is 0 Å². The third kappa shape index (κ3) is 8.10. The van der Waals surface area contributed by atoms with E-state index in [2.05, 4.69) is 5.32 Å². The van der Waals surface area contributed by atoms with Gasteiger partial charge in [-0.1, -0.05) is 0 Å². The average molecular weight is 545 g/mol. The molecule has 1 aliphatic rings. The van der Waals surface area contributed by atoms with Crippen molar-refractivity contribution >= 4 is 41.6 Å². The molecule has 1 N–H and O–H groups in total. The summed E-state index contributed by atoms with van der Waals surface area (Å²) < 4.78 is 83.3. The van der Waals surface area contributed by atoms with Crippen LogP contribution < -0.4 is 10.2 Å². The van der Waals surface area contributed by atoms with Crippen molar-refractivity contribution in [3.05, 3.63) is 27.8 Å². The van der Waals surface area contributed by atoms with Crippen molar-refractivity contribution in [2.75, 3.05) is 69.9 Å². The summed E-state index contributed by atoms with van der Waals surface area (Å²) in [6.07, 6.45) is 1.70. The molecule has 194 valence electrons. The van der Waals surface area contributed by atoms with Gasteiger partial charge in [0.2, 0.25) is 10.0 Å². The van der Waals surface area contributed by atoms with Crippen LogP contribution in [-0.2, 0) is 38.6 Å². The van der Waals surface area contributed by atoms with E-state index in [1.165, 1.54) is 22.2 Å². The quantitative estimate of drug-likeness (QED) is 0.198. The number of rotatable bonds is 12. The second kappa shape index (κ2) is 11.2. The van der Waals surface area contributed by atoms with Crippen LogP contribution in [0.5, 0.6) is 0 Å². The lowest BCUT2D eigenvalue weighted by molar-refractivity contribution is -0.385. The van der Waals surface area contributed by atoms with Gasteiger partial charge in [-0.2, -0.15) is 21.1 Å². The van der Waals surface area contributed by atoms with Gasteiger partial charge >= 0.3 is 0 Å². The molecule has 0 unspecified atom stereocenters. The van der Waals surface area contributed by atoms with E-state index in [-0.39, 0.29) is 55.5 Å². The second-order valence-electron chi connectivity index (χ2n) is 7.56. The number of hydrogen-bond acceptors (Lipinski definition) is 12. The van der Waals surface area contributed by atoms with Crippen LogP contribution in [-0.4, -0.2) is 99.5 Å². The Labute approximate surface area is 199 Å². The van der Waals surface area contributed by atoms with Crippen molar-refractivity contribution in [1.82, 2.24) is 9.62 Å². The average Bonchev–Trinajstić information content (AvgIpc) is 2.71. The van der Waals surface area contributed by atoms with E-state index in [1.807, 2.05) is 0 Å². The number of nitrogens with zero attached hydrogens (tertiary/aromatic N) is 3. The topological polar surface area (TPSA) is 183 Å². The third-order valence-electron chi connectivity index (χ3n) is 4.79. The summed E-state index contributed by atoms with van der Waals surface area (Å²) >= 11 is 0. The van der Waals surface area contributed by atoms with Gasteiger partial charge in [-0.25, -0.2) is 8.42 Å². The van der Waals surface area contributed by atoms with Gasteiger partial charge < -0.3 is 10.2 Å². The molecule has 14 nitrogen and oxygen atoms in total. The summed E-state index contributed by atoms with van der Waals surface area (Å²) in [5.74, 6) is 0. The van der Waals surface area contributed by atoms with E-state index in [0.717, 1.165) is 18.6 Å². The predicted molar refractivity (Wildman–Crippen MR) is 123 cm³/mol. The SMILES string of the molecule is Cc1cc([N+](=O)[O-])cc(S(=O)(=O)N2CCNCC2)c1N(CCOS(C)(=O)=O)CCOS(C)(=O)=O. The minimum absolute atomic E-state index is 0.0679. The van der Waals surface area contributed by atoms with Gasteiger partial charge in [0.15, 0.2) is 0 Å². The second-order valence-corrected chi connectivity index (χ2v) is 12.8. The van der Waals surface area contributed by atoms with Gasteiger partial charge in [0, 0.05) is 51.4 Å². The first kappa shape index (κ1) is 28.3. The molecule has 0 amide bonds. The molecule has 17 heteroatoms. The van der Waals surface area contributed by atoms with Gasteiger partial charge in [-0.3, -0.25) is 18.5 Å². The van der Waals surface area contributed by atoms with E-state index >= 15 is 0 Å². The lowest BCUT2D eigenvalue weighted by atomic mass is 10.1. The van der Waals surface area contributed by atoms with Crippen molar-refractivity contribution in [3.8, 4) is 0 Å². The smallest absolute Gasteiger partial charge is 0.271 e. The lowest BCUT2D eigenvalue weighted by Gasteiger charge is -2.31. The molecule has 1 saturated heterocycles. The largest absolute Gasteiger partial charge is 0.365 e. The standard InChI is InChI=1S/C17H28N4O10S3/c1-14-12-15(21(22)23)13-16(34(28,29)20-6-4-18-5-7-20)17(14)19(8-10-30-32(2,24)25)9-11-31-33(3,26)27/h12-13,18H,4-11H2,1-3H3. The maximum Gasteiger partial charge on any atom is 0.271 e. The number of benzene rings is 1. The lowest BCUT2D eigenvalue weighted by Crippen LogP contribution is -2.46. The molecule has 2 rings (SSSR count). The molecule has 0 atom stereocenters. The summed E-state index contributed by atoms with van der Waals surface area (Å²) in [5, 5.41) is 14.5. The Balaban J connectivity index is 2.57. The Morgan fingerprint density at radius 1 is 1.00 bits per heavy atom. The highest BCUT2D eigenvalue weighted by Gasteiger charge is 2.33. The number of nitro benzene ring substituents is 1. The van der Waals surface area contributed by atoms with Crippen LogP contribution in [0.25, 0.3) is 0 Å². The maximum absolute atomic E-state index is 13.5. The van der Waals surface area contributed by atoms with Crippen LogP contribution in [0.4, 0.5) is 11.4 Å². The van der Waals surface area contributed by atoms with E-state index in [1.54, 1.807) is 0 Å². The highest BCUT2D eigenvalue weighted by Crippen LogP contribution is 2.35. The summed E-state index contributed by atoms with van der Waals surface area (Å²) in [5.41, 5.74) is -0.144. The zero-order valence-electron chi connectivity index (χ0n) is 19.0. The molecule has 0 radical (unpaired) electrons. The molecular formula is C17H28N4O10S3. The van der Waals surface area contributed by atoms with Crippen molar-refractivity contribution < 1.29 is 38.5 Å². The number of non-ortho nitro benzene ring substituents is 1. The van der Waals surface area contributed by atoms with E-state index < -0.39 is 40.9 Å². The fourth-order valence-electron chi connectivity index (χ4n) is 3.39. The Hall–Kier alpha value is -1.89. The number of nitrogens with one attached hydrogen (secondary N) is 1. The van der Waals surface area contributed by atoms with Crippen LogP contribution in [0.3, 0.4) is 0 Å². The monoisotopic (exact) mass is 544 g/mol. The first-order valence-corrected chi connectivity index (χ1v) is 15.1. The number of aryl methyl sites for hydroxylation is 1. The Morgan fingerprint density at radius 2 is 1.50 bits per heavy atom. The third-order valence-corrected chi connectivity index (χ3v) is 7.89. The molecule has 1 aromatic carbocycles. The molecule has 0 spiro atoms. The molecule has 1 aromatic rings. The van der Waals surface area contributed by atoms with Crippen LogP contribution in [0.2, 0.25) is 0 Å². The molecular weight excluding hydrogens is 516 g/mol. The fraction of sp³-hybridized carbons (Fsp3) is 0.647. The summed E-state index contributed by atoms with van der Waals surface area (Å²) in [6, 6.07) is 2.13. The molecule has 1 fully saturated rings. The van der Waals surface area contributed by atoms with Crippen LogP contribution in [0, 0.1) is 17.0 Å². The number of anilines is 1. The number of sulfonamides is 1. The molecule has 0 aromatic heterocycles. The maximum atomic E-state index is 13.5. The van der Waals surface area contributed by atoms with E-state index in [0.29, 0.717) is 13.1 Å². The molecule has 0 aliphatic carbocycles. The normalized spacial score (nSPS) is 15.9. The van der Waals surface area contributed by atoms with Gasteiger partial charge in [0.1, 0.15) is 4.90 Å². The molecule has 0 saturated carbocycles. The molecule has 0 bridgehead atoms. The minimum Gasteiger partial charge on any atom is -0.365 e. The number of nitro groups is 1. The van der Waals surface area contributed by atoms with Crippen LogP contribution >= 0.6 is 0 Å². The zero-order chi connectivity index (χ0) is 25.7. The predicted octanol–water partition coefficient (Wildman–Crippen LogP) is -0.744. The molecule has 34 heavy (non-hydrogen) atoms. The van der Waals surface area contributed by atoms with Crippen molar-refractivity contribution in [3.63, 3.8) is 0 Å². The highest BCUT2D eigenvalue weighted by atomic mass is 32.2. The first-order valence-electron chi connectivity index (χ1n) is 10.1. The summed E-state index contributed by atoms with van der Waals surface area (Å²) in [4.78, 5) is 11.8. The van der Waals surface area contributed by atoms with E-state index in [9.17, 15) is 35.4 Å². The molecule has 1 heterocycles. The Kier molecular flexibility index (Phi) is 9.37. The summed E-state index contributed by atoms with van der Waals surface area (Å²) in [7, 11) is -11.8. The Bertz CT molecular complexity index is 1170. The number of piperazine rings is 1. The highest BCUT2D eigenvalue weighted by molar-refractivity contribution is 7.89. The van der Waals surface area contributed by atoms with Crippen molar-refractivity contribution in [2.24, 2.45) is 0 Å². The Morgan fingerprint density at radius 3 is 1.94 bits per heavy atom. The minimum atomic E-state index is -4.19. The van der Waals surface area contributed by atoms with Crippen LogP contribution in [0.15, 0.2) is 17.0 Å². The number of hydrogen-bond donors (Lipinski definition) is 1. The van der Waals surface area contributed by atoms with Crippen molar-refractivity contribution in [2.45, 2.75) is 11.8 Å². The fourth-order valence-corrected chi connectivity index (χ4v) is 5.89. The van der Waals surface area contributed by atoms with Crippen molar-refractivity contribution in [1.29, 1.82) is 0 Å². The van der Waals surface area contributed by atoms with Gasteiger partial charge in [0.25, 0.3) is 25.9 Å². The van der Waals surface area contributed by atoms with Crippen LogP contribution in [0.1, 0.15) is 5.56 Å². The van der Waals surface area contributed by atoms with Gasteiger partial charge in [0.05, 0.1) is 36.3 Å². The zero-order valence-corrected chi connectivity index (χ0v) is 21.4. The van der Waals surface area contributed by atoms with Gasteiger partial charge in [-0.05, 0) is 12.5 Å². The molecule has 1 aliphatic heterocycles. The first-order chi connectivity index (χ1) is 15.6.